The summed E-state index contributed by atoms with van der Waals surface area (Å²) in [4.78, 5) is 0. The Labute approximate surface area is 87.1 Å². The van der Waals surface area contributed by atoms with E-state index in [-0.39, 0.29) is 18.2 Å². The molecule has 0 amide bonds. The largest absolute Gasteiger partial charge is 0.329 e. The molecule has 1 heterocycles. The quantitative estimate of drug-likeness (QED) is 0.826. The first-order valence-corrected chi connectivity index (χ1v) is 4.12. The Morgan fingerprint density at radius 1 is 1.43 bits per heavy atom. The monoisotopic (exact) mass is 215 g/mol. The molecule has 0 saturated heterocycles. The average molecular weight is 216 g/mol. The molecule has 0 bridgehead atoms. The van der Waals surface area contributed by atoms with Gasteiger partial charge in [-0.05, 0) is 18.2 Å². The van der Waals surface area contributed by atoms with Crippen molar-refractivity contribution in [2.24, 2.45) is 5.73 Å². The topological polar surface area (TPSA) is 43.8 Å². The fraction of sp³-hybridized carbons (Fsp3) is 0.222. The second-order valence-electron chi connectivity index (χ2n) is 2.86. The van der Waals surface area contributed by atoms with Crippen LogP contribution in [-0.4, -0.2) is 16.3 Å². The molecule has 0 unspecified atom stereocenters. The standard InChI is InChI=1S/C9H10FN3.ClH/c10-8-1-2-9-7(5-8)6-12-13(9)4-3-11;/h1-2,5-6H,3-4,11H2;1H. The van der Waals surface area contributed by atoms with Crippen LogP contribution in [0.5, 0.6) is 0 Å². The van der Waals surface area contributed by atoms with Gasteiger partial charge in [0.05, 0.1) is 18.3 Å². The summed E-state index contributed by atoms with van der Waals surface area (Å²) >= 11 is 0. The van der Waals surface area contributed by atoms with Crippen LogP contribution in [0.3, 0.4) is 0 Å². The van der Waals surface area contributed by atoms with E-state index in [0.717, 1.165) is 10.9 Å². The molecule has 3 nitrogen and oxygen atoms in total. The molecule has 0 radical (unpaired) electrons. The van der Waals surface area contributed by atoms with E-state index >= 15 is 0 Å². The highest BCUT2D eigenvalue weighted by atomic mass is 35.5. The van der Waals surface area contributed by atoms with Crippen molar-refractivity contribution >= 4 is 23.3 Å². The van der Waals surface area contributed by atoms with Crippen LogP contribution in [-0.2, 0) is 6.54 Å². The predicted molar refractivity (Wildman–Crippen MR) is 56.0 cm³/mol. The Balaban J connectivity index is 0.000000980. The second-order valence-corrected chi connectivity index (χ2v) is 2.86. The second kappa shape index (κ2) is 4.39. The third-order valence-electron chi connectivity index (χ3n) is 1.94. The number of fused-ring (bicyclic) bond motifs is 1. The normalized spacial score (nSPS) is 10.1. The maximum atomic E-state index is 12.8. The number of hydrogen-bond donors (Lipinski definition) is 1. The minimum atomic E-state index is -0.236. The van der Waals surface area contributed by atoms with Crippen molar-refractivity contribution in [1.82, 2.24) is 9.78 Å². The lowest BCUT2D eigenvalue weighted by atomic mass is 10.2. The zero-order valence-electron chi connectivity index (χ0n) is 7.48. The van der Waals surface area contributed by atoms with Gasteiger partial charge in [-0.15, -0.1) is 12.4 Å². The van der Waals surface area contributed by atoms with Gasteiger partial charge >= 0.3 is 0 Å². The molecule has 0 fully saturated rings. The molecule has 0 saturated carbocycles. The van der Waals surface area contributed by atoms with E-state index in [9.17, 15) is 4.39 Å². The SMILES string of the molecule is Cl.NCCn1ncc2cc(F)ccc21. The third kappa shape index (κ3) is 1.86. The highest BCUT2D eigenvalue weighted by molar-refractivity contribution is 5.85. The number of hydrogen-bond acceptors (Lipinski definition) is 2. The Hall–Kier alpha value is -1.13. The third-order valence-corrected chi connectivity index (χ3v) is 1.94. The summed E-state index contributed by atoms with van der Waals surface area (Å²) in [5.74, 6) is -0.236. The average Bonchev–Trinajstić information content (AvgIpc) is 2.49. The van der Waals surface area contributed by atoms with Crippen molar-refractivity contribution in [3.05, 3.63) is 30.2 Å². The molecule has 14 heavy (non-hydrogen) atoms. The number of nitrogens with zero attached hydrogens (tertiary/aromatic N) is 2. The van der Waals surface area contributed by atoms with Gasteiger partial charge in [0.2, 0.25) is 0 Å². The van der Waals surface area contributed by atoms with Gasteiger partial charge < -0.3 is 5.73 Å². The summed E-state index contributed by atoms with van der Waals surface area (Å²) in [7, 11) is 0. The maximum absolute atomic E-state index is 12.8. The van der Waals surface area contributed by atoms with E-state index in [1.165, 1.54) is 12.1 Å². The molecule has 0 atom stereocenters. The van der Waals surface area contributed by atoms with Crippen LogP contribution in [0.25, 0.3) is 10.9 Å². The van der Waals surface area contributed by atoms with Crippen molar-refractivity contribution < 1.29 is 4.39 Å². The van der Waals surface area contributed by atoms with Gasteiger partial charge in [0.25, 0.3) is 0 Å². The lowest BCUT2D eigenvalue weighted by Crippen LogP contribution is -2.10. The molecule has 0 aliphatic heterocycles. The van der Waals surface area contributed by atoms with E-state index in [1.807, 2.05) is 0 Å². The van der Waals surface area contributed by atoms with Gasteiger partial charge in [-0.2, -0.15) is 5.10 Å². The smallest absolute Gasteiger partial charge is 0.124 e. The van der Waals surface area contributed by atoms with Crippen LogP contribution in [0.2, 0.25) is 0 Å². The molecule has 0 aliphatic rings. The van der Waals surface area contributed by atoms with Gasteiger partial charge in [-0.1, -0.05) is 0 Å². The zero-order valence-corrected chi connectivity index (χ0v) is 8.30. The van der Waals surface area contributed by atoms with E-state index in [2.05, 4.69) is 5.10 Å². The highest BCUT2D eigenvalue weighted by Gasteiger charge is 2.01. The molecule has 0 aliphatic carbocycles. The Bertz CT molecular complexity index is 427. The van der Waals surface area contributed by atoms with Gasteiger partial charge in [-0.25, -0.2) is 4.39 Å². The molecule has 0 spiro atoms. The number of rotatable bonds is 2. The van der Waals surface area contributed by atoms with E-state index < -0.39 is 0 Å². The van der Waals surface area contributed by atoms with Gasteiger partial charge in [0.1, 0.15) is 5.82 Å². The van der Waals surface area contributed by atoms with Crippen LogP contribution in [0.1, 0.15) is 0 Å². The Kier molecular flexibility index (Phi) is 3.43. The van der Waals surface area contributed by atoms with E-state index in [4.69, 9.17) is 5.73 Å². The van der Waals surface area contributed by atoms with Crippen molar-refractivity contribution in [3.8, 4) is 0 Å². The summed E-state index contributed by atoms with van der Waals surface area (Å²) in [5, 5.41) is 4.91. The molecule has 2 aromatic rings. The summed E-state index contributed by atoms with van der Waals surface area (Å²) in [6.45, 7) is 1.20. The molecule has 2 N–H and O–H groups in total. The van der Waals surface area contributed by atoms with Gasteiger partial charge in [0, 0.05) is 11.9 Å². The van der Waals surface area contributed by atoms with Crippen molar-refractivity contribution in [2.75, 3.05) is 6.54 Å². The maximum Gasteiger partial charge on any atom is 0.124 e. The minimum Gasteiger partial charge on any atom is -0.329 e. The minimum absolute atomic E-state index is 0. The van der Waals surface area contributed by atoms with Crippen LogP contribution in [0.15, 0.2) is 24.4 Å². The molecule has 1 aromatic carbocycles. The van der Waals surface area contributed by atoms with Crippen LogP contribution in [0.4, 0.5) is 4.39 Å². The fourth-order valence-corrected chi connectivity index (χ4v) is 1.36. The van der Waals surface area contributed by atoms with Crippen molar-refractivity contribution in [3.63, 3.8) is 0 Å². The summed E-state index contributed by atoms with van der Waals surface area (Å²) in [6.07, 6.45) is 1.65. The molecular formula is C9H11ClFN3. The molecule has 1 aromatic heterocycles. The Morgan fingerprint density at radius 2 is 2.21 bits per heavy atom. The zero-order chi connectivity index (χ0) is 9.26. The molecular weight excluding hydrogens is 205 g/mol. The van der Waals surface area contributed by atoms with Gasteiger partial charge in [-0.3, -0.25) is 4.68 Å². The van der Waals surface area contributed by atoms with Crippen molar-refractivity contribution in [1.29, 1.82) is 0 Å². The van der Waals surface area contributed by atoms with Crippen LogP contribution < -0.4 is 5.73 Å². The molecule has 5 heteroatoms. The van der Waals surface area contributed by atoms with E-state index in [0.29, 0.717) is 13.1 Å². The highest BCUT2D eigenvalue weighted by Crippen LogP contribution is 2.14. The number of benzene rings is 1. The van der Waals surface area contributed by atoms with E-state index in [1.54, 1.807) is 16.9 Å². The summed E-state index contributed by atoms with van der Waals surface area (Å²) in [6, 6.07) is 4.61. The Morgan fingerprint density at radius 3 is 2.93 bits per heavy atom. The van der Waals surface area contributed by atoms with Gasteiger partial charge in [0.15, 0.2) is 0 Å². The first kappa shape index (κ1) is 10.9. The summed E-state index contributed by atoms with van der Waals surface area (Å²) in [5.41, 5.74) is 6.33. The lowest BCUT2D eigenvalue weighted by Gasteiger charge is -1.99. The number of aromatic nitrogens is 2. The summed E-state index contributed by atoms with van der Waals surface area (Å²) < 4.78 is 14.5. The molecule has 2 rings (SSSR count). The number of halogens is 2. The fourth-order valence-electron chi connectivity index (χ4n) is 1.36. The van der Waals surface area contributed by atoms with Crippen LogP contribution >= 0.6 is 12.4 Å². The van der Waals surface area contributed by atoms with Crippen molar-refractivity contribution in [2.45, 2.75) is 6.54 Å². The first-order valence-electron chi connectivity index (χ1n) is 4.12. The lowest BCUT2D eigenvalue weighted by molar-refractivity contribution is 0.628. The predicted octanol–water partition coefficient (Wildman–Crippen LogP) is 1.56. The molecule has 76 valence electrons. The first-order chi connectivity index (χ1) is 6.31. The number of nitrogens with two attached hydrogens (primary N) is 1. The van der Waals surface area contributed by atoms with Crippen LogP contribution in [0, 0.1) is 5.82 Å².